The van der Waals surface area contributed by atoms with Crippen LogP contribution >= 0.6 is 0 Å². The highest BCUT2D eigenvalue weighted by Crippen LogP contribution is 2.38. The van der Waals surface area contributed by atoms with E-state index in [1.807, 2.05) is 0 Å². The third-order valence-corrected chi connectivity index (χ3v) is 4.79. The molecule has 0 bridgehead atoms. The maximum Gasteiger partial charge on any atom is 0.0296 e. The predicted octanol–water partition coefficient (Wildman–Crippen LogP) is 4.90. The molecule has 3 rings (SSSR count). The van der Waals surface area contributed by atoms with E-state index < -0.39 is 0 Å². The molecule has 1 aliphatic rings. The monoisotopic (exact) mass is 279 g/mol. The van der Waals surface area contributed by atoms with Gasteiger partial charge in [0, 0.05) is 12.1 Å². The Morgan fingerprint density at radius 1 is 1.00 bits per heavy atom. The second-order valence-electron chi connectivity index (χ2n) is 6.52. The summed E-state index contributed by atoms with van der Waals surface area (Å²) in [5.41, 5.74) is 5.69. The lowest BCUT2D eigenvalue weighted by Crippen LogP contribution is -2.41. The van der Waals surface area contributed by atoms with E-state index in [4.69, 9.17) is 0 Å². The Kier molecular flexibility index (Phi) is 4.12. The van der Waals surface area contributed by atoms with Gasteiger partial charge in [-0.25, -0.2) is 0 Å². The van der Waals surface area contributed by atoms with Gasteiger partial charge in [-0.2, -0.15) is 0 Å². The molecule has 0 aliphatic heterocycles. The lowest BCUT2D eigenvalue weighted by Gasteiger charge is -2.38. The molecule has 1 nitrogen and oxygen atoms in total. The van der Waals surface area contributed by atoms with Crippen LogP contribution in [0.2, 0.25) is 0 Å². The second-order valence-corrected chi connectivity index (χ2v) is 6.52. The fourth-order valence-corrected chi connectivity index (χ4v) is 3.47. The number of aryl methyl sites for hydroxylation is 2. The highest BCUT2D eigenvalue weighted by atomic mass is 15.0. The van der Waals surface area contributed by atoms with Crippen LogP contribution in [-0.4, -0.2) is 6.04 Å². The third kappa shape index (κ3) is 3.19. The summed E-state index contributed by atoms with van der Waals surface area (Å²) in [5.74, 6) is 0.742. The van der Waals surface area contributed by atoms with Gasteiger partial charge in [-0.1, -0.05) is 54.1 Å². The highest BCUT2D eigenvalue weighted by molar-refractivity contribution is 5.30. The molecule has 1 N–H and O–H groups in total. The van der Waals surface area contributed by atoms with E-state index >= 15 is 0 Å². The van der Waals surface area contributed by atoms with Crippen LogP contribution in [0.15, 0.2) is 48.5 Å². The minimum Gasteiger partial charge on any atom is -0.307 e. The molecule has 1 saturated carbocycles. The third-order valence-electron chi connectivity index (χ3n) is 4.79. The van der Waals surface area contributed by atoms with Crippen LogP contribution in [0.3, 0.4) is 0 Å². The molecule has 1 atom stereocenters. The molecule has 2 aromatic carbocycles. The molecule has 21 heavy (non-hydrogen) atoms. The van der Waals surface area contributed by atoms with Crippen molar-refractivity contribution in [3.8, 4) is 0 Å². The predicted molar refractivity (Wildman–Crippen MR) is 89.7 cm³/mol. The largest absolute Gasteiger partial charge is 0.307 e. The molecule has 1 aliphatic carbocycles. The first-order valence-electron chi connectivity index (χ1n) is 8.01. The summed E-state index contributed by atoms with van der Waals surface area (Å²) in [5, 5.41) is 3.79. The van der Waals surface area contributed by atoms with Crippen molar-refractivity contribution in [3.63, 3.8) is 0 Å². The van der Waals surface area contributed by atoms with Crippen molar-refractivity contribution >= 4 is 0 Å². The Labute approximate surface area is 128 Å². The smallest absolute Gasteiger partial charge is 0.0296 e. The van der Waals surface area contributed by atoms with Gasteiger partial charge >= 0.3 is 0 Å². The summed E-state index contributed by atoms with van der Waals surface area (Å²) in [6, 6.07) is 18.8. The van der Waals surface area contributed by atoms with Crippen LogP contribution in [-0.2, 0) is 0 Å². The summed E-state index contributed by atoms with van der Waals surface area (Å²) >= 11 is 0. The zero-order valence-corrected chi connectivity index (χ0v) is 13.3. The fraction of sp³-hybridized carbons (Fsp3) is 0.400. The maximum absolute atomic E-state index is 3.79. The van der Waals surface area contributed by atoms with E-state index in [2.05, 4.69) is 74.6 Å². The van der Waals surface area contributed by atoms with E-state index in [0.29, 0.717) is 12.1 Å². The molecule has 110 valence electrons. The van der Waals surface area contributed by atoms with Crippen molar-refractivity contribution < 1.29 is 0 Å². The first kappa shape index (κ1) is 14.3. The Morgan fingerprint density at radius 2 is 1.76 bits per heavy atom. The standard InChI is InChI=1S/C20H25N/c1-14-7-6-9-17(11-14)18-12-19(13-18)21-16(3)20-10-5-4-8-15(20)2/h4-11,16,18-19,21H,12-13H2,1-3H3/t16-,18?,19?/m0/s1. The number of hydrogen-bond acceptors (Lipinski definition) is 1. The van der Waals surface area contributed by atoms with Crippen LogP contribution in [0.25, 0.3) is 0 Å². The molecule has 1 heteroatoms. The van der Waals surface area contributed by atoms with Crippen molar-refractivity contribution in [1.29, 1.82) is 0 Å². The topological polar surface area (TPSA) is 12.0 Å². The summed E-state index contributed by atoms with van der Waals surface area (Å²) in [7, 11) is 0. The average Bonchev–Trinajstić information content (AvgIpc) is 2.42. The zero-order chi connectivity index (χ0) is 14.8. The van der Waals surface area contributed by atoms with Gasteiger partial charge in [0.15, 0.2) is 0 Å². The molecule has 1 fully saturated rings. The molecule has 0 aromatic heterocycles. The summed E-state index contributed by atoms with van der Waals surface area (Å²) < 4.78 is 0. The molecule has 0 radical (unpaired) electrons. The van der Waals surface area contributed by atoms with Crippen LogP contribution in [0.1, 0.15) is 54.0 Å². The molecule has 0 amide bonds. The van der Waals surface area contributed by atoms with Gasteiger partial charge in [0.05, 0.1) is 0 Å². The fourth-order valence-electron chi connectivity index (χ4n) is 3.47. The van der Waals surface area contributed by atoms with E-state index in [0.717, 1.165) is 5.92 Å². The van der Waals surface area contributed by atoms with Gasteiger partial charge in [-0.3, -0.25) is 0 Å². The minimum absolute atomic E-state index is 0.439. The second kappa shape index (κ2) is 6.03. The lowest BCUT2D eigenvalue weighted by atomic mass is 9.75. The summed E-state index contributed by atoms with van der Waals surface area (Å²) in [6.07, 6.45) is 2.53. The van der Waals surface area contributed by atoms with E-state index in [1.165, 1.54) is 35.1 Å². The van der Waals surface area contributed by atoms with Gasteiger partial charge in [-0.05, 0) is 56.2 Å². The van der Waals surface area contributed by atoms with Crippen LogP contribution in [0, 0.1) is 13.8 Å². The normalized spacial score (nSPS) is 22.6. The quantitative estimate of drug-likeness (QED) is 0.839. The van der Waals surface area contributed by atoms with E-state index in [9.17, 15) is 0 Å². The van der Waals surface area contributed by atoms with E-state index in [-0.39, 0.29) is 0 Å². The van der Waals surface area contributed by atoms with Crippen LogP contribution in [0.5, 0.6) is 0 Å². The van der Waals surface area contributed by atoms with Crippen LogP contribution < -0.4 is 5.32 Å². The Hall–Kier alpha value is -1.60. The molecule has 0 unspecified atom stereocenters. The van der Waals surface area contributed by atoms with Gasteiger partial charge in [0.2, 0.25) is 0 Å². The number of nitrogens with one attached hydrogen (secondary N) is 1. The average molecular weight is 279 g/mol. The first-order chi connectivity index (χ1) is 10.1. The molecule has 0 saturated heterocycles. The number of rotatable bonds is 4. The van der Waals surface area contributed by atoms with Crippen molar-refractivity contribution in [2.75, 3.05) is 0 Å². The molecule has 0 spiro atoms. The SMILES string of the molecule is Cc1cccc(C2CC(N[C@@H](C)c3ccccc3C)C2)c1. The Bertz CT molecular complexity index is 611. The lowest BCUT2D eigenvalue weighted by molar-refractivity contribution is 0.270. The van der Waals surface area contributed by atoms with Gasteiger partial charge in [-0.15, -0.1) is 0 Å². The first-order valence-corrected chi connectivity index (χ1v) is 8.01. The molecular formula is C20H25N. The van der Waals surface area contributed by atoms with Crippen molar-refractivity contribution in [3.05, 3.63) is 70.8 Å². The molecular weight excluding hydrogens is 254 g/mol. The summed E-state index contributed by atoms with van der Waals surface area (Å²) in [6.45, 7) is 6.66. The number of benzene rings is 2. The van der Waals surface area contributed by atoms with E-state index in [1.54, 1.807) is 0 Å². The van der Waals surface area contributed by atoms with Crippen molar-refractivity contribution in [1.82, 2.24) is 5.32 Å². The molecule has 0 heterocycles. The highest BCUT2D eigenvalue weighted by Gasteiger charge is 2.31. The Morgan fingerprint density at radius 3 is 2.48 bits per heavy atom. The van der Waals surface area contributed by atoms with Gasteiger partial charge in [0.25, 0.3) is 0 Å². The van der Waals surface area contributed by atoms with Crippen LogP contribution in [0.4, 0.5) is 0 Å². The summed E-state index contributed by atoms with van der Waals surface area (Å²) in [4.78, 5) is 0. The van der Waals surface area contributed by atoms with Crippen molar-refractivity contribution in [2.45, 2.75) is 51.6 Å². The van der Waals surface area contributed by atoms with Gasteiger partial charge < -0.3 is 5.32 Å². The molecule has 2 aromatic rings. The van der Waals surface area contributed by atoms with Gasteiger partial charge in [0.1, 0.15) is 0 Å². The zero-order valence-electron chi connectivity index (χ0n) is 13.3. The minimum atomic E-state index is 0.439. The number of hydrogen-bond donors (Lipinski definition) is 1. The maximum atomic E-state index is 3.79. The van der Waals surface area contributed by atoms with Crippen molar-refractivity contribution in [2.24, 2.45) is 0 Å². The Balaban J connectivity index is 1.56.